The van der Waals surface area contributed by atoms with E-state index in [2.05, 4.69) is 15.9 Å². The lowest BCUT2D eigenvalue weighted by Gasteiger charge is -2.17. The Labute approximate surface area is 111 Å². The third-order valence-electron chi connectivity index (χ3n) is 3.38. The molecule has 92 valence electrons. The average molecular weight is 310 g/mol. The predicted molar refractivity (Wildman–Crippen MR) is 64.7 cm³/mol. The van der Waals surface area contributed by atoms with Gasteiger partial charge in [-0.2, -0.15) is 0 Å². The molecule has 6 heteroatoms. The van der Waals surface area contributed by atoms with Crippen LogP contribution >= 0.6 is 15.9 Å². The summed E-state index contributed by atoms with van der Waals surface area (Å²) in [5, 5.41) is 8.87. The molecule has 2 atom stereocenters. The molecule has 0 radical (unpaired) electrons. The summed E-state index contributed by atoms with van der Waals surface area (Å²) >= 11 is 3.27. The molecular formula is C12H8BrNO4. The van der Waals surface area contributed by atoms with E-state index in [1.165, 1.54) is 0 Å². The second-order valence-electron chi connectivity index (χ2n) is 4.41. The van der Waals surface area contributed by atoms with Gasteiger partial charge in [-0.3, -0.25) is 14.4 Å². The van der Waals surface area contributed by atoms with Crippen LogP contribution in [0.25, 0.3) is 0 Å². The first-order valence-corrected chi connectivity index (χ1v) is 6.18. The first-order valence-electron chi connectivity index (χ1n) is 5.38. The highest BCUT2D eigenvalue weighted by atomic mass is 79.9. The van der Waals surface area contributed by atoms with Crippen molar-refractivity contribution in [1.29, 1.82) is 0 Å². The number of halogens is 1. The quantitative estimate of drug-likeness (QED) is 0.835. The van der Waals surface area contributed by atoms with Gasteiger partial charge in [0.2, 0.25) is 11.8 Å². The maximum absolute atomic E-state index is 12.0. The first kappa shape index (κ1) is 11.4. The lowest BCUT2D eigenvalue weighted by Crippen LogP contribution is -2.35. The molecule has 1 saturated heterocycles. The number of fused-ring (bicyclic) bond motifs is 1. The number of hydrogen-bond acceptors (Lipinski definition) is 3. The summed E-state index contributed by atoms with van der Waals surface area (Å²) in [6.45, 7) is 0. The van der Waals surface area contributed by atoms with Crippen molar-refractivity contribution >= 4 is 39.4 Å². The molecule has 1 aromatic rings. The van der Waals surface area contributed by atoms with Gasteiger partial charge in [0.1, 0.15) is 0 Å². The number of amides is 2. The molecule has 0 spiro atoms. The van der Waals surface area contributed by atoms with Crippen molar-refractivity contribution in [3.8, 4) is 0 Å². The summed E-state index contributed by atoms with van der Waals surface area (Å²) in [5.74, 6) is -4.05. The Bertz CT molecular complexity index is 563. The molecule has 18 heavy (non-hydrogen) atoms. The van der Waals surface area contributed by atoms with Crippen LogP contribution in [0.2, 0.25) is 0 Å². The monoisotopic (exact) mass is 309 g/mol. The molecule has 2 aliphatic rings. The van der Waals surface area contributed by atoms with E-state index in [-0.39, 0.29) is 0 Å². The zero-order chi connectivity index (χ0) is 13.0. The Morgan fingerprint density at radius 3 is 2.33 bits per heavy atom. The summed E-state index contributed by atoms with van der Waals surface area (Å²) in [5.41, 5.74) is 0.482. The molecule has 1 N–H and O–H groups in total. The Morgan fingerprint density at radius 1 is 1.22 bits per heavy atom. The van der Waals surface area contributed by atoms with E-state index < -0.39 is 35.5 Å². The Kier molecular flexibility index (Phi) is 2.31. The van der Waals surface area contributed by atoms with Crippen molar-refractivity contribution < 1.29 is 19.5 Å². The van der Waals surface area contributed by atoms with E-state index in [1.807, 2.05) is 0 Å². The Balaban J connectivity index is 1.93. The lowest BCUT2D eigenvalue weighted by atomic mass is 10.2. The summed E-state index contributed by atoms with van der Waals surface area (Å²) in [7, 11) is 0. The number of carboxylic acid groups (broad SMARTS) is 1. The summed E-state index contributed by atoms with van der Waals surface area (Å²) < 4.78 is 0.760. The third kappa shape index (κ3) is 1.42. The molecule has 0 bridgehead atoms. The maximum Gasteiger partial charge on any atom is 0.308 e. The summed E-state index contributed by atoms with van der Waals surface area (Å²) in [6.07, 6.45) is 0. The van der Waals surface area contributed by atoms with E-state index in [1.54, 1.807) is 24.3 Å². The van der Waals surface area contributed by atoms with Crippen molar-refractivity contribution in [3.05, 3.63) is 28.7 Å². The molecule has 1 aromatic carbocycles. The van der Waals surface area contributed by atoms with E-state index in [9.17, 15) is 14.4 Å². The van der Waals surface area contributed by atoms with Gasteiger partial charge in [0.05, 0.1) is 23.4 Å². The molecule has 1 heterocycles. The molecule has 1 aliphatic carbocycles. The number of carbonyl (C=O) groups excluding carboxylic acids is 2. The fraction of sp³-hybridized carbons (Fsp3) is 0.250. The molecule has 1 saturated carbocycles. The molecule has 1 aliphatic heterocycles. The van der Waals surface area contributed by atoms with Gasteiger partial charge < -0.3 is 5.11 Å². The minimum absolute atomic E-state index is 0.407. The largest absolute Gasteiger partial charge is 0.481 e. The number of piperidine rings is 1. The van der Waals surface area contributed by atoms with E-state index in [0.29, 0.717) is 5.69 Å². The predicted octanol–water partition coefficient (Wildman–Crippen LogP) is 1.27. The SMILES string of the molecule is O=C(O)C1C2C(=O)N(c3cccc(Br)c3)C(=O)C12. The van der Waals surface area contributed by atoms with Gasteiger partial charge in [0, 0.05) is 4.47 Å². The highest BCUT2D eigenvalue weighted by molar-refractivity contribution is 9.10. The topological polar surface area (TPSA) is 74.7 Å². The van der Waals surface area contributed by atoms with Gasteiger partial charge >= 0.3 is 5.97 Å². The van der Waals surface area contributed by atoms with Crippen LogP contribution in [0, 0.1) is 17.8 Å². The van der Waals surface area contributed by atoms with E-state index in [0.717, 1.165) is 9.37 Å². The van der Waals surface area contributed by atoms with Gasteiger partial charge in [-0.1, -0.05) is 22.0 Å². The van der Waals surface area contributed by atoms with Crippen LogP contribution in [0.5, 0.6) is 0 Å². The van der Waals surface area contributed by atoms with Crippen molar-refractivity contribution in [3.63, 3.8) is 0 Å². The van der Waals surface area contributed by atoms with Gasteiger partial charge in [-0.15, -0.1) is 0 Å². The van der Waals surface area contributed by atoms with Crippen LogP contribution in [0.1, 0.15) is 0 Å². The lowest BCUT2D eigenvalue weighted by molar-refractivity contribution is -0.142. The molecule has 3 rings (SSSR count). The van der Waals surface area contributed by atoms with Crippen molar-refractivity contribution in [1.82, 2.24) is 0 Å². The molecule has 2 unspecified atom stereocenters. The fourth-order valence-electron chi connectivity index (χ4n) is 2.51. The highest BCUT2D eigenvalue weighted by Crippen LogP contribution is 2.54. The van der Waals surface area contributed by atoms with Crippen molar-refractivity contribution in [2.24, 2.45) is 17.8 Å². The third-order valence-corrected chi connectivity index (χ3v) is 3.88. The van der Waals surface area contributed by atoms with E-state index in [4.69, 9.17) is 5.11 Å². The number of anilines is 1. The molecule has 2 fully saturated rings. The normalized spacial score (nSPS) is 29.4. The first-order chi connectivity index (χ1) is 8.52. The zero-order valence-electron chi connectivity index (χ0n) is 9.04. The van der Waals surface area contributed by atoms with Gasteiger partial charge in [-0.05, 0) is 18.2 Å². The van der Waals surface area contributed by atoms with Crippen molar-refractivity contribution in [2.75, 3.05) is 4.90 Å². The number of carbonyl (C=O) groups is 3. The highest BCUT2D eigenvalue weighted by Gasteiger charge is 2.70. The molecule has 5 nitrogen and oxygen atoms in total. The molecule has 2 amide bonds. The molecule has 0 aromatic heterocycles. The second-order valence-corrected chi connectivity index (χ2v) is 5.32. The van der Waals surface area contributed by atoms with Crippen LogP contribution in [-0.2, 0) is 14.4 Å². The number of benzene rings is 1. The number of nitrogens with zero attached hydrogens (tertiary/aromatic N) is 1. The minimum atomic E-state index is -1.07. The smallest absolute Gasteiger partial charge is 0.308 e. The second kappa shape index (κ2) is 3.65. The van der Waals surface area contributed by atoms with Crippen LogP contribution in [-0.4, -0.2) is 22.9 Å². The number of hydrogen-bond donors (Lipinski definition) is 1. The van der Waals surface area contributed by atoms with Gasteiger partial charge in [0.25, 0.3) is 0 Å². The van der Waals surface area contributed by atoms with Crippen molar-refractivity contribution in [2.45, 2.75) is 0 Å². The minimum Gasteiger partial charge on any atom is -0.481 e. The standard InChI is InChI=1S/C12H8BrNO4/c13-5-2-1-3-6(4-5)14-10(15)7-8(11(14)16)9(7)12(17)18/h1-4,7-9H,(H,17,18). The summed E-state index contributed by atoms with van der Waals surface area (Å²) in [4.78, 5) is 35.9. The summed E-state index contributed by atoms with van der Waals surface area (Å²) in [6, 6.07) is 6.82. The fourth-order valence-corrected chi connectivity index (χ4v) is 2.90. The number of aliphatic carboxylic acids is 1. The van der Waals surface area contributed by atoms with Crippen LogP contribution in [0.15, 0.2) is 28.7 Å². The number of imide groups is 1. The Morgan fingerprint density at radius 2 is 1.83 bits per heavy atom. The van der Waals surface area contributed by atoms with Crippen LogP contribution in [0.3, 0.4) is 0 Å². The van der Waals surface area contributed by atoms with E-state index >= 15 is 0 Å². The number of carboxylic acids is 1. The Hall–Kier alpha value is -1.69. The molecular weight excluding hydrogens is 302 g/mol. The maximum atomic E-state index is 12.0. The van der Waals surface area contributed by atoms with Crippen LogP contribution in [0.4, 0.5) is 5.69 Å². The van der Waals surface area contributed by atoms with Crippen LogP contribution < -0.4 is 4.90 Å². The average Bonchev–Trinajstić information content (AvgIpc) is 2.98. The van der Waals surface area contributed by atoms with Gasteiger partial charge in [-0.25, -0.2) is 4.90 Å². The zero-order valence-corrected chi connectivity index (χ0v) is 10.6. The van der Waals surface area contributed by atoms with Gasteiger partial charge in [0.15, 0.2) is 0 Å². The number of rotatable bonds is 2.